The third kappa shape index (κ3) is 5.38. The molecule has 0 unspecified atom stereocenters. The van der Waals surface area contributed by atoms with E-state index < -0.39 is 5.97 Å². The van der Waals surface area contributed by atoms with Gasteiger partial charge in [0, 0.05) is 49.5 Å². The fraction of sp³-hybridized carbons (Fsp3) is 0.231. The van der Waals surface area contributed by atoms with E-state index in [1.54, 1.807) is 36.4 Å². The molecule has 4 rings (SSSR count). The molecule has 0 saturated carbocycles. The largest absolute Gasteiger partial charge is 0.478 e. The lowest BCUT2D eigenvalue weighted by atomic mass is 10.1. The molecule has 2 N–H and O–H groups in total. The molecule has 0 spiro atoms. The van der Waals surface area contributed by atoms with E-state index in [1.165, 1.54) is 12.1 Å². The van der Waals surface area contributed by atoms with Gasteiger partial charge in [0.2, 0.25) is 0 Å². The Bertz CT molecular complexity index is 1170. The van der Waals surface area contributed by atoms with Crippen molar-refractivity contribution >= 4 is 23.3 Å². The zero-order valence-corrected chi connectivity index (χ0v) is 18.4. The number of carboxylic acids is 1. The Morgan fingerprint density at radius 3 is 2.42 bits per heavy atom. The van der Waals surface area contributed by atoms with E-state index in [0.717, 1.165) is 5.56 Å². The lowest BCUT2D eigenvalue weighted by Gasteiger charge is -2.36. The predicted octanol–water partition coefficient (Wildman–Crippen LogP) is 4.41. The topological polar surface area (TPSA) is 72.9 Å². The molecule has 1 saturated heterocycles. The summed E-state index contributed by atoms with van der Waals surface area (Å²) in [5.41, 5.74) is 3.33. The molecule has 0 aromatic heterocycles. The second kappa shape index (κ2) is 9.83. The van der Waals surface area contributed by atoms with Gasteiger partial charge < -0.3 is 15.3 Å². The fourth-order valence-corrected chi connectivity index (χ4v) is 4.06. The molecule has 3 aromatic carbocycles. The van der Waals surface area contributed by atoms with Crippen molar-refractivity contribution in [3.05, 3.63) is 94.8 Å². The van der Waals surface area contributed by atoms with Gasteiger partial charge in [-0.05, 0) is 43.3 Å². The Kier molecular flexibility index (Phi) is 6.70. The minimum atomic E-state index is -1.05. The van der Waals surface area contributed by atoms with Crippen LogP contribution in [0.25, 0.3) is 0 Å². The van der Waals surface area contributed by atoms with E-state index >= 15 is 0 Å². The van der Waals surface area contributed by atoms with Crippen molar-refractivity contribution < 1.29 is 19.1 Å². The quantitative estimate of drug-likeness (QED) is 0.586. The number of rotatable bonds is 6. The van der Waals surface area contributed by atoms with Gasteiger partial charge in [-0.2, -0.15) is 0 Å². The second-order valence-electron chi connectivity index (χ2n) is 8.22. The zero-order chi connectivity index (χ0) is 23.4. The fourth-order valence-electron chi connectivity index (χ4n) is 4.06. The number of nitrogens with one attached hydrogen (secondary N) is 1. The Balaban J connectivity index is 1.44. The molecular weight excluding hydrogens is 421 g/mol. The average molecular weight is 448 g/mol. The van der Waals surface area contributed by atoms with E-state index in [4.69, 9.17) is 0 Å². The number of carbonyl (C=O) groups is 2. The predicted molar refractivity (Wildman–Crippen MR) is 126 cm³/mol. The van der Waals surface area contributed by atoms with Crippen LogP contribution in [0.3, 0.4) is 0 Å². The molecule has 6 nitrogen and oxygen atoms in total. The number of carboxylic acid groups (broad SMARTS) is 1. The summed E-state index contributed by atoms with van der Waals surface area (Å²) < 4.78 is 14.0. The number of halogens is 1. The highest BCUT2D eigenvalue weighted by Gasteiger charge is 2.23. The van der Waals surface area contributed by atoms with Crippen LogP contribution in [0.5, 0.6) is 0 Å². The SMILES string of the molecule is Cc1cccc(C(=O)Nc2ccc(N3CCN(Cc4ccccc4F)CC3)c(C(=O)O)c2)c1. The molecule has 0 aliphatic carbocycles. The number of amides is 1. The number of hydrogen-bond acceptors (Lipinski definition) is 4. The number of aryl methyl sites for hydroxylation is 1. The summed E-state index contributed by atoms with van der Waals surface area (Å²) in [7, 11) is 0. The molecule has 1 heterocycles. The number of benzene rings is 3. The van der Waals surface area contributed by atoms with Gasteiger partial charge in [0.1, 0.15) is 5.82 Å². The Morgan fingerprint density at radius 1 is 0.970 bits per heavy atom. The number of piperazine rings is 1. The maximum Gasteiger partial charge on any atom is 0.337 e. The summed E-state index contributed by atoms with van der Waals surface area (Å²) >= 11 is 0. The standard InChI is InChI=1S/C26H26FN3O3/c1-18-5-4-7-19(15-18)25(31)28-21-9-10-24(22(16-21)26(32)33)30-13-11-29(12-14-30)17-20-6-2-3-8-23(20)27/h2-10,15-16H,11-14,17H2,1H3,(H,28,31)(H,32,33). The number of carbonyl (C=O) groups excluding carboxylic acids is 1. The van der Waals surface area contributed by atoms with Crippen molar-refractivity contribution in [2.24, 2.45) is 0 Å². The summed E-state index contributed by atoms with van der Waals surface area (Å²) in [6.45, 7) is 5.08. The van der Waals surface area contributed by atoms with Crippen LogP contribution in [0.4, 0.5) is 15.8 Å². The third-order valence-electron chi connectivity index (χ3n) is 5.83. The lowest BCUT2D eigenvalue weighted by molar-refractivity contribution is 0.0697. The van der Waals surface area contributed by atoms with Crippen molar-refractivity contribution in [2.45, 2.75) is 13.5 Å². The first-order valence-corrected chi connectivity index (χ1v) is 10.9. The van der Waals surface area contributed by atoms with Crippen LogP contribution < -0.4 is 10.2 Å². The van der Waals surface area contributed by atoms with E-state index in [0.29, 0.717) is 55.2 Å². The van der Waals surface area contributed by atoms with Gasteiger partial charge in [0.15, 0.2) is 0 Å². The van der Waals surface area contributed by atoms with Crippen molar-refractivity contribution in [1.29, 1.82) is 0 Å². The van der Waals surface area contributed by atoms with Crippen molar-refractivity contribution in [2.75, 3.05) is 36.4 Å². The highest BCUT2D eigenvalue weighted by molar-refractivity contribution is 6.05. The van der Waals surface area contributed by atoms with Gasteiger partial charge in [-0.25, -0.2) is 9.18 Å². The van der Waals surface area contributed by atoms with E-state index in [1.807, 2.05) is 30.0 Å². The highest BCUT2D eigenvalue weighted by atomic mass is 19.1. The van der Waals surface area contributed by atoms with E-state index in [9.17, 15) is 19.1 Å². The average Bonchev–Trinajstić information content (AvgIpc) is 2.81. The van der Waals surface area contributed by atoms with Gasteiger partial charge in [0.25, 0.3) is 5.91 Å². The van der Waals surface area contributed by atoms with Crippen LogP contribution in [0.15, 0.2) is 66.7 Å². The Hall–Kier alpha value is -3.71. The van der Waals surface area contributed by atoms with Crippen LogP contribution >= 0.6 is 0 Å². The molecule has 1 aliphatic rings. The first-order chi connectivity index (χ1) is 15.9. The first kappa shape index (κ1) is 22.5. The number of nitrogens with zero attached hydrogens (tertiary/aromatic N) is 2. The molecule has 0 atom stereocenters. The summed E-state index contributed by atoms with van der Waals surface area (Å²) in [4.78, 5) is 28.7. The van der Waals surface area contributed by atoms with Crippen LogP contribution in [-0.4, -0.2) is 48.1 Å². The molecule has 1 amide bonds. The molecule has 33 heavy (non-hydrogen) atoms. The maximum atomic E-state index is 14.0. The normalized spacial score (nSPS) is 14.2. The van der Waals surface area contributed by atoms with Gasteiger partial charge >= 0.3 is 5.97 Å². The summed E-state index contributed by atoms with van der Waals surface area (Å²) in [5, 5.41) is 12.6. The number of aromatic carboxylic acids is 1. The third-order valence-corrected chi connectivity index (χ3v) is 5.83. The molecule has 3 aromatic rings. The molecule has 170 valence electrons. The minimum Gasteiger partial charge on any atom is -0.478 e. The lowest BCUT2D eigenvalue weighted by Crippen LogP contribution is -2.46. The van der Waals surface area contributed by atoms with E-state index in [-0.39, 0.29) is 17.3 Å². The first-order valence-electron chi connectivity index (χ1n) is 10.9. The van der Waals surface area contributed by atoms with Crippen LogP contribution in [0.2, 0.25) is 0 Å². The van der Waals surface area contributed by atoms with Gasteiger partial charge in [-0.1, -0.05) is 35.9 Å². The summed E-state index contributed by atoms with van der Waals surface area (Å²) in [6, 6.07) is 18.9. The molecule has 1 fully saturated rings. The minimum absolute atomic E-state index is 0.139. The molecule has 0 radical (unpaired) electrons. The van der Waals surface area contributed by atoms with Crippen molar-refractivity contribution in [3.8, 4) is 0 Å². The molecular formula is C26H26FN3O3. The highest BCUT2D eigenvalue weighted by Crippen LogP contribution is 2.26. The summed E-state index contributed by atoms with van der Waals surface area (Å²) in [5.74, 6) is -1.55. The van der Waals surface area contributed by atoms with Gasteiger partial charge in [-0.3, -0.25) is 9.69 Å². The molecule has 7 heteroatoms. The molecule has 0 bridgehead atoms. The second-order valence-corrected chi connectivity index (χ2v) is 8.22. The Labute approximate surface area is 192 Å². The van der Waals surface area contributed by atoms with Crippen molar-refractivity contribution in [3.63, 3.8) is 0 Å². The number of hydrogen-bond donors (Lipinski definition) is 2. The van der Waals surface area contributed by atoms with E-state index in [2.05, 4.69) is 10.2 Å². The monoisotopic (exact) mass is 447 g/mol. The van der Waals surface area contributed by atoms with Crippen LogP contribution in [0.1, 0.15) is 31.8 Å². The van der Waals surface area contributed by atoms with Gasteiger partial charge in [-0.15, -0.1) is 0 Å². The summed E-state index contributed by atoms with van der Waals surface area (Å²) in [6.07, 6.45) is 0. The van der Waals surface area contributed by atoms with Crippen molar-refractivity contribution in [1.82, 2.24) is 4.90 Å². The zero-order valence-electron chi connectivity index (χ0n) is 18.4. The van der Waals surface area contributed by atoms with Crippen LogP contribution in [-0.2, 0) is 6.54 Å². The van der Waals surface area contributed by atoms with Gasteiger partial charge in [0.05, 0.1) is 11.3 Å². The number of anilines is 2. The smallest absolute Gasteiger partial charge is 0.337 e. The maximum absolute atomic E-state index is 14.0. The van der Waals surface area contributed by atoms with Crippen LogP contribution in [0, 0.1) is 12.7 Å². The Morgan fingerprint density at radius 2 is 1.73 bits per heavy atom. The molecule has 1 aliphatic heterocycles.